The molecule has 0 fully saturated rings. The standard InChI is InChI=1S/C64H70N8.2Zn/c1-5-9-13-17-21-48-53-30-25-43(65-53)40-46-28-33-57(68-46)51(24-20-16-12-8-4)63-42-52(62(72-63)41-47-29-34-54(48)69-47)64-60-37-35-58(70-60)49(22-18-14-10-6-2)55-31-26-44(66-55)39-45-27-32-56(67-45)50(23-19-15-11-7-3)59-36-38-61(64)71-59;;/h25-42H,5-24H2,1-4H3;;/q-4;2*+2. The Morgan fingerprint density at radius 2 is 0.716 bits per heavy atom. The van der Waals surface area contributed by atoms with Gasteiger partial charge in [-0.2, -0.15) is 0 Å². The monoisotopic (exact) mass is 1080 g/mol. The molecule has 74 heavy (non-hydrogen) atoms. The zero-order valence-electron chi connectivity index (χ0n) is 44.5. The van der Waals surface area contributed by atoms with Gasteiger partial charge in [-0.25, -0.2) is 19.9 Å². The third-order valence-electron chi connectivity index (χ3n) is 14.6. The first-order chi connectivity index (χ1) is 35.5. The molecule has 0 saturated carbocycles. The van der Waals surface area contributed by atoms with Gasteiger partial charge in [-0.05, 0) is 122 Å². The molecule has 0 amide bonds. The molecule has 10 heterocycles. The van der Waals surface area contributed by atoms with Crippen LogP contribution in [0.4, 0.5) is 0 Å². The Balaban J connectivity index is 0.00000364. The Hall–Kier alpha value is -5.55. The van der Waals surface area contributed by atoms with Gasteiger partial charge in [0.05, 0.1) is 45.6 Å². The molecule has 0 unspecified atom stereocenters. The van der Waals surface area contributed by atoms with Crippen LogP contribution in [0.1, 0.15) is 204 Å². The van der Waals surface area contributed by atoms with Gasteiger partial charge in [0.1, 0.15) is 0 Å². The second-order valence-corrected chi connectivity index (χ2v) is 20.1. The van der Waals surface area contributed by atoms with E-state index in [1.54, 1.807) is 0 Å². The van der Waals surface area contributed by atoms with Gasteiger partial charge in [-0.3, -0.25) is 0 Å². The smallest absolute Gasteiger partial charge is 0.657 e. The second-order valence-electron chi connectivity index (χ2n) is 20.1. The van der Waals surface area contributed by atoms with Crippen molar-refractivity contribution in [3.05, 3.63) is 140 Å². The third-order valence-corrected chi connectivity index (χ3v) is 14.6. The van der Waals surface area contributed by atoms with E-state index in [4.69, 9.17) is 39.9 Å². The number of rotatable bonds is 21. The number of fused-ring (bicyclic) bond motifs is 16. The van der Waals surface area contributed by atoms with E-state index in [2.05, 4.69) is 137 Å². The van der Waals surface area contributed by atoms with Gasteiger partial charge in [0.25, 0.3) is 0 Å². The molecule has 8 nitrogen and oxygen atoms in total. The predicted molar refractivity (Wildman–Crippen MR) is 303 cm³/mol. The summed E-state index contributed by atoms with van der Waals surface area (Å²) < 4.78 is 0. The van der Waals surface area contributed by atoms with Crippen LogP contribution in [0, 0.1) is 0 Å². The van der Waals surface area contributed by atoms with E-state index in [1.165, 1.54) is 87.3 Å². The van der Waals surface area contributed by atoms with E-state index in [-0.39, 0.29) is 39.0 Å². The van der Waals surface area contributed by atoms with Crippen LogP contribution in [0.3, 0.4) is 0 Å². The molecule has 0 spiro atoms. The summed E-state index contributed by atoms with van der Waals surface area (Å²) in [6.45, 7) is 9.07. The van der Waals surface area contributed by atoms with Gasteiger partial charge in [-0.15, -0.1) is 44.1 Å². The van der Waals surface area contributed by atoms with Crippen LogP contribution in [0.2, 0.25) is 0 Å². The minimum Gasteiger partial charge on any atom is -0.657 e. The van der Waals surface area contributed by atoms with Crippen molar-refractivity contribution >= 4 is 92.2 Å². The minimum absolute atomic E-state index is 0. The van der Waals surface area contributed by atoms with Gasteiger partial charge in [-0.1, -0.05) is 171 Å². The van der Waals surface area contributed by atoms with Crippen molar-refractivity contribution < 1.29 is 39.0 Å². The predicted octanol–water partition coefficient (Wildman–Crippen LogP) is 16.0. The summed E-state index contributed by atoms with van der Waals surface area (Å²) >= 11 is 0. The van der Waals surface area contributed by atoms with Crippen LogP contribution in [0.25, 0.3) is 92.2 Å². The van der Waals surface area contributed by atoms with Crippen molar-refractivity contribution in [2.24, 2.45) is 0 Å². The Bertz CT molecular complexity index is 3380. The summed E-state index contributed by atoms with van der Waals surface area (Å²) in [7, 11) is 0. The van der Waals surface area contributed by atoms with Crippen molar-refractivity contribution in [3.63, 3.8) is 0 Å². The fourth-order valence-electron chi connectivity index (χ4n) is 10.7. The fraction of sp³-hybridized carbons (Fsp3) is 0.375. The summed E-state index contributed by atoms with van der Waals surface area (Å²) in [5, 5.41) is 0. The molecule has 4 aliphatic heterocycles. The van der Waals surface area contributed by atoms with Crippen molar-refractivity contribution in [3.8, 4) is 0 Å². The largest absolute Gasteiger partial charge is 2.00 e. The number of aryl methyl sites for hydroxylation is 4. The summed E-state index contributed by atoms with van der Waals surface area (Å²) in [6.07, 6.45) is 37.3. The third kappa shape index (κ3) is 12.7. The second kappa shape index (κ2) is 26.3. The van der Waals surface area contributed by atoms with E-state index in [1.807, 2.05) is 0 Å². The molecule has 0 N–H and O–H groups in total. The average molecular weight is 1080 g/mol. The number of hydrogen-bond donors (Lipinski definition) is 0. The normalized spacial score (nSPS) is 12.6. The Kier molecular flexibility index (Phi) is 19.4. The van der Waals surface area contributed by atoms with Crippen molar-refractivity contribution in [2.75, 3.05) is 0 Å². The van der Waals surface area contributed by atoms with E-state index in [0.717, 1.165) is 164 Å². The van der Waals surface area contributed by atoms with E-state index < -0.39 is 0 Å². The molecule has 0 aliphatic carbocycles. The van der Waals surface area contributed by atoms with Gasteiger partial charge < -0.3 is 19.9 Å². The molecule has 10 heteroatoms. The van der Waals surface area contributed by atoms with Gasteiger partial charge in [0, 0.05) is 5.57 Å². The molecule has 10 rings (SSSR count). The molecule has 4 aliphatic rings. The minimum atomic E-state index is 0. The Labute approximate surface area is 464 Å². The molecule has 0 aromatic carbocycles. The molecule has 0 saturated heterocycles. The molecule has 6 aromatic heterocycles. The molecule has 370 valence electrons. The zero-order chi connectivity index (χ0) is 49.2. The zero-order valence-corrected chi connectivity index (χ0v) is 50.5. The summed E-state index contributed by atoms with van der Waals surface area (Å²) in [5.41, 5.74) is 21.4. The number of aromatic nitrogens is 8. The maximum atomic E-state index is 5.64. The Morgan fingerprint density at radius 3 is 1.19 bits per heavy atom. The van der Waals surface area contributed by atoms with Crippen LogP contribution in [-0.2, 0) is 64.6 Å². The number of unbranched alkanes of at least 4 members (excludes halogenated alkanes) is 12. The molecule has 6 aromatic rings. The van der Waals surface area contributed by atoms with Crippen LogP contribution in [0.15, 0.2) is 66.7 Å². The molecule has 0 atom stereocenters. The van der Waals surface area contributed by atoms with Crippen molar-refractivity contribution in [1.29, 1.82) is 0 Å². The summed E-state index contributed by atoms with van der Waals surface area (Å²) in [4.78, 5) is 43.2. The molecular formula is C64H70N8Zn2. The van der Waals surface area contributed by atoms with Crippen LogP contribution in [0.5, 0.6) is 0 Å². The van der Waals surface area contributed by atoms with E-state index in [0.29, 0.717) is 0 Å². The van der Waals surface area contributed by atoms with Gasteiger partial charge in [0.2, 0.25) is 0 Å². The molecule has 0 radical (unpaired) electrons. The Morgan fingerprint density at radius 1 is 0.338 bits per heavy atom. The number of nitrogens with zero attached hydrogens (tertiary/aromatic N) is 8. The summed E-state index contributed by atoms with van der Waals surface area (Å²) in [6, 6.07) is 23.7. The van der Waals surface area contributed by atoms with Crippen LogP contribution in [-0.4, -0.2) is 19.9 Å². The van der Waals surface area contributed by atoms with E-state index in [9.17, 15) is 0 Å². The van der Waals surface area contributed by atoms with Gasteiger partial charge >= 0.3 is 39.0 Å². The van der Waals surface area contributed by atoms with Crippen LogP contribution < -0.4 is 19.9 Å². The maximum absolute atomic E-state index is 5.64. The average Bonchev–Trinajstić information content (AvgIpc) is 4.24. The van der Waals surface area contributed by atoms with E-state index >= 15 is 0 Å². The molecule has 16 bridgehead atoms. The van der Waals surface area contributed by atoms with Crippen LogP contribution >= 0.6 is 0 Å². The first-order valence-electron chi connectivity index (χ1n) is 27.5. The van der Waals surface area contributed by atoms with Crippen molar-refractivity contribution in [2.45, 2.75) is 156 Å². The topological polar surface area (TPSA) is 108 Å². The van der Waals surface area contributed by atoms with Gasteiger partial charge in [0.15, 0.2) is 0 Å². The number of hydrogen-bond acceptors (Lipinski definition) is 4. The molecular weight excluding hydrogens is 1010 g/mol. The summed E-state index contributed by atoms with van der Waals surface area (Å²) in [5.74, 6) is 0. The first kappa shape index (κ1) is 54.7. The first-order valence-corrected chi connectivity index (χ1v) is 27.5. The fourth-order valence-corrected chi connectivity index (χ4v) is 10.7. The maximum Gasteiger partial charge on any atom is 2.00 e. The SMILES string of the molecule is CCCCCCc1c2nc(cc3ccc([n-]3)c(CCCCCC)c3nc(cc4ccc1[n-]4)C(c1c4nc(c(CCCCCC)c5ccc(cc6nc(c(CCCCCC)c7ccc1[n-]7)C=C6)[n-]5)C=C4)=C3)C=C2.[Zn+2].[Zn+2]. The van der Waals surface area contributed by atoms with Crippen molar-refractivity contribution in [1.82, 2.24) is 39.9 Å². The quantitative estimate of drug-likeness (QED) is 0.0517.